The molecule has 1 rings (SSSR count). The number of amides is 1. The Balaban J connectivity index is 0.000000354. The Morgan fingerprint density at radius 2 is 1.88 bits per heavy atom. The fourth-order valence-corrected chi connectivity index (χ4v) is 0.752. The normalized spacial score (nSPS) is 9.59. The first-order chi connectivity index (χ1) is 7.95. The molecule has 17 heavy (non-hydrogen) atoms. The summed E-state index contributed by atoms with van der Waals surface area (Å²) >= 11 is 0. The maximum Gasteiger partial charge on any atom is 0.408 e. The zero-order valence-electron chi connectivity index (χ0n) is 10.3. The predicted molar refractivity (Wildman–Crippen MR) is 64.5 cm³/mol. The molecule has 1 N–H and O–H groups in total. The Kier molecular flexibility index (Phi) is 7.34. The van der Waals surface area contributed by atoms with Crippen LogP contribution in [0.5, 0.6) is 0 Å². The number of aromatic nitrogens is 1. The molecule has 0 spiro atoms. The van der Waals surface area contributed by atoms with Gasteiger partial charge in [0.2, 0.25) is 0 Å². The molecule has 5 heteroatoms. The van der Waals surface area contributed by atoms with Gasteiger partial charge in [0.1, 0.15) is 11.9 Å². The van der Waals surface area contributed by atoms with E-state index in [-0.39, 0.29) is 6.54 Å². The van der Waals surface area contributed by atoms with Crippen molar-refractivity contribution < 1.29 is 14.3 Å². The summed E-state index contributed by atoms with van der Waals surface area (Å²) in [4.78, 5) is 24.3. The third-order valence-corrected chi connectivity index (χ3v) is 1.30. The van der Waals surface area contributed by atoms with Crippen LogP contribution in [0.4, 0.5) is 4.79 Å². The van der Waals surface area contributed by atoms with Gasteiger partial charge in [-0.3, -0.25) is 4.98 Å². The highest BCUT2D eigenvalue weighted by Crippen LogP contribution is 2.05. The van der Waals surface area contributed by atoms with E-state index in [9.17, 15) is 9.59 Å². The Morgan fingerprint density at radius 1 is 1.29 bits per heavy atom. The molecule has 1 aromatic heterocycles. The summed E-state index contributed by atoms with van der Waals surface area (Å²) in [7, 11) is 0. The van der Waals surface area contributed by atoms with Crippen LogP contribution in [0.1, 0.15) is 20.8 Å². The van der Waals surface area contributed by atoms with Gasteiger partial charge in [0.05, 0.1) is 6.54 Å². The largest absolute Gasteiger partial charge is 0.444 e. The highest BCUT2D eigenvalue weighted by Gasteiger charge is 2.14. The van der Waals surface area contributed by atoms with Crippen molar-refractivity contribution in [3.05, 3.63) is 30.6 Å². The SMILES string of the molecule is CC(C)(C)OC(=O)NCC=O.c1ccncc1. The second kappa shape index (κ2) is 8.27. The van der Waals surface area contributed by atoms with E-state index in [2.05, 4.69) is 10.3 Å². The molecule has 0 saturated carbocycles. The Labute approximate surface area is 101 Å². The zero-order chi connectivity index (χ0) is 13.1. The number of rotatable bonds is 2. The van der Waals surface area contributed by atoms with E-state index in [0.717, 1.165) is 0 Å². The van der Waals surface area contributed by atoms with E-state index >= 15 is 0 Å². The lowest BCUT2D eigenvalue weighted by atomic mass is 10.2. The topological polar surface area (TPSA) is 68.3 Å². The molecule has 0 unspecified atom stereocenters. The standard InChI is InChI=1S/C7H13NO3.C5H5N/c1-7(2,3)11-6(10)8-4-5-9;1-2-4-6-5-3-1/h5H,4H2,1-3H3,(H,8,10);1-5H. The molecule has 0 aliphatic heterocycles. The van der Waals surface area contributed by atoms with E-state index in [1.807, 2.05) is 18.2 Å². The molecular weight excluding hydrogens is 220 g/mol. The van der Waals surface area contributed by atoms with Crippen molar-refractivity contribution in [2.75, 3.05) is 6.54 Å². The minimum Gasteiger partial charge on any atom is -0.444 e. The van der Waals surface area contributed by atoms with Crippen LogP contribution in [-0.4, -0.2) is 29.5 Å². The Bertz CT molecular complexity index is 294. The fourth-order valence-electron chi connectivity index (χ4n) is 0.752. The lowest BCUT2D eigenvalue weighted by molar-refractivity contribution is -0.107. The van der Waals surface area contributed by atoms with Gasteiger partial charge in [-0.2, -0.15) is 0 Å². The number of pyridine rings is 1. The van der Waals surface area contributed by atoms with Crippen LogP contribution in [0.25, 0.3) is 0 Å². The molecule has 5 nitrogen and oxygen atoms in total. The van der Waals surface area contributed by atoms with Gasteiger partial charge in [0.15, 0.2) is 0 Å². The smallest absolute Gasteiger partial charge is 0.408 e. The fraction of sp³-hybridized carbons (Fsp3) is 0.417. The Hall–Kier alpha value is -1.91. The minimum absolute atomic E-state index is 0.00505. The van der Waals surface area contributed by atoms with Gasteiger partial charge in [-0.05, 0) is 32.9 Å². The molecule has 0 saturated heterocycles. The molecule has 0 aromatic carbocycles. The van der Waals surface area contributed by atoms with Crippen molar-refractivity contribution in [3.8, 4) is 0 Å². The first-order valence-electron chi connectivity index (χ1n) is 5.21. The third kappa shape index (κ3) is 12.0. The van der Waals surface area contributed by atoms with Crippen LogP contribution in [0, 0.1) is 0 Å². The van der Waals surface area contributed by atoms with Crippen LogP contribution in [0.3, 0.4) is 0 Å². The van der Waals surface area contributed by atoms with Crippen molar-refractivity contribution in [1.82, 2.24) is 10.3 Å². The molecule has 94 valence electrons. The average molecular weight is 238 g/mol. The summed E-state index contributed by atoms with van der Waals surface area (Å²) in [6.45, 7) is 5.27. The van der Waals surface area contributed by atoms with E-state index in [4.69, 9.17) is 4.74 Å². The maximum atomic E-state index is 10.7. The number of carbonyl (C=O) groups excluding carboxylic acids is 2. The van der Waals surface area contributed by atoms with Gasteiger partial charge in [-0.25, -0.2) is 4.79 Å². The van der Waals surface area contributed by atoms with E-state index in [0.29, 0.717) is 6.29 Å². The van der Waals surface area contributed by atoms with Crippen LogP contribution in [-0.2, 0) is 9.53 Å². The molecule has 1 aromatic rings. The van der Waals surface area contributed by atoms with Crippen molar-refractivity contribution in [3.63, 3.8) is 0 Å². The van der Waals surface area contributed by atoms with Crippen molar-refractivity contribution >= 4 is 12.4 Å². The lowest BCUT2D eigenvalue weighted by Gasteiger charge is -2.18. The van der Waals surface area contributed by atoms with E-state index in [1.165, 1.54) is 0 Å². The van der Waals surface area contributed by atoms with Crippen LogP contribution in [0.15, 0.2) is 30.6 Å². The van der Waals surface area contributed by atoms with Crippen LogP contribution >= 0.6 is 0 Å². The quantitative estimate of drug-likeness (QED) is 0.797. The number of alkyl carbamates (subject to hydrolysis) is 1. The highest BCUT2D eigenvalue weighted by atomic mass is 16.6. The molecule has 0 atom stereocenters. The van der Waals surface area contributed by atoms with Gasteiger partial charge in [0, 0.05) is 12.4 Å². The van der Waals surface area contributed by atoms with Crippen molar-refractivity contribution in [1.29, 1.82) is 0 Å². The zero-order valence-corrected chi connectivity index (χ0v) is 10.3. The van der Waals surface area contributed by atoms with Crippen LogP contribution < -0.4 is 5.32 Å². The van der Waals surface area contributed by atoms with Gasteiger partial charge < -0.3 is 14.8 Å². The molecular formula is C12H18N2O3. The van der Waals surface area contributed by atoms with Gasteiger partial charge in [0.25, 0.3) is 0 Å². The summed E-state index contributed by atoms with van der Waals surface area (Å²) in [6, 6.07) is 5.72. The summed E-state index contributed by atoms with van der Waals surface area (Å²) in [5.74, 6) is 0. The monoisotopic (exact) mass is 238 g/mol. The number of carbonyl (C=O) groups is 2. The molecule has 1 amide bonds. The molecule has 0 aliphatic carbocycles. The number of ether oxygens (including phenoxy) is 1. The maximum absolute atomic E-state index is 10.7. The van der Waals surface area contributed by atoms with Crippen molar-refractivity contribution in [2.45, 2.75) is 26.4 Å². The minimum atomic E-state index is -0.565. The number of hydrogen-bond donors (Lipinski definition) is 1. The number of hydrogen-bond acceptors (Lipinski definition) is 4. The van der Waals surface area contributed by atoms with Crippen LogP contribution in [0.2, 0.25) is 0 Å². The first kappa shape index (κ1) is 15.1. The highest BCUT2D eigenvalue weighted by molar-refractivity contribution is 5.71. The molecule has 0 radical (unpaired) electrons. The van der Waals surface area contributed by atoms with Gasteiger partial charge >= 0.3 is 6.09 Å². The number of nitrogens with zero attached hydrogens (tertiary/aromatic N) is 1. The first-order valence-corrected chi connectivity index (χ1v) is 5.21. The molecule has 0 fully saturated rings. The molecule has 1 heterocycles. The third-order valence-electron chi connectivity index (χ3n) is 1.30. The second-order valence-electron chi connectivity index (χ2n) is 4.07. The summed E-state index contributed by atoms with van der Waals surface area (Å²) in [5, 5.41) is 2.26. The molecule has 0 bridgehead atoms. The lowest BCUT2D eigenvalue weighted by Crippen LogP contribution is -2.33. The Morgan fingerprint density at radius 3 is 2.18 bits per heavy atom. The van der Waals surface area contributed by atoms with Gasteiger partial charge in [-0.15, -0.1) is 0 Å². The summed E-state index contributed by atoms with van der Waals surface area (Å²) in [5.41, 5.74) is -0.507. The van der Waals surface area contributed by atoms with Gasteiger partial charge in [-0.1, -0.05) is 6.07 Å². The number of nitrogens with one attached hydrogen (secondary N) is 1. The predicted octanol–water partition coefficient (Wildman–Crippen LogP) is 1.79. The van der Waals surface area contributed by atoms with Crippen molar-refractivity contribution in [2.24, 2.45) is 0 Å². The average Bonchev–Trinajstić information content (AvgIpc) is 2.27. The second-order valence-corrected chi connectivity index (χ2v) is 4.07. The summed E-state index contributed by atoms with van der Waals surface area (Å²) in [6.07, 6.45) is 3.54. The van der Waals surface area contributed by atoms with E-state index < -0.39 is 11.7 Å². The molecule has 0 aliphatic rings. The van der Waals surface area contributed by atoms with E-state index in [1.54, 1.807) is 33.2 Å². The summed E-state index contributed by atoms with van der Waals surface area (Å²) < 4.78 is 4.83. The number of aldehydes is 1.